The van der Waals surface area contributed by atoms with Crippen LogP contribution in [0.2, 0.25) is 0 Å². The molecule has 1 aliphatic heterocycles. The van der Waals surface area contributed by atoms with E-state index in [2.05, 4.69) is 10.6 Å². The standard InChI is InChI=1S/C20H24N2O2/c1-15(21-14-17-10-7-13-24-17)20(23)22-19-12-6-5-11-18(19)16-8-3-2-4-9-16/h2-6,8-9,11-12,15,17,21H,7,10,13-14H2,1H3,(H,22,23). The molecular weight excluding hydrogens is 300 g/mol. The lowest BCUT2D eigenvalue weighted by molar-refractivity contribution is -0.117. The summed E-state index contributed by atoms with van der Waals surface area (Å²) in [6, 6.07) is 17.7. The topological polar surface area (TPSA) is 50.4 Å². The lowest BCUT2D eigenvalue weighted by atomic mass is 10.0. The van der Waals surface area contributed by atoms with Crippen LogP contribution in [0.1, 0.15) is 19.8 Å². The monoisotopic (exact) mass is 324 g/mol. The number of nitrogens with one attached hydrogen (secondary N) is 2. The van der Waals surface area contributed by atoms with Crippen LogP contribution >= 0.6 is 0 Å². The SMILES string of the molecule is CC(NCC1CCCO1)C(=O)Nc1ccccc1-c1ccccc1. The fourth-order valence-electron chi connectivity index (χ4n) is 2.91. The van der Waals surface area contributed by atoms with Crippen molar-refractivity contribution in [2.45, 2.75) is 31.9 Å². The smallest absolute Gasteiger partial charge is 0.241 e. The maximum Gasteiger partial charge on any atom is 0.241 e. The molecule has 126 valence electrons. The van der Waals surface area contributed by atoms with Gasteiger partial charge in [0.05, 0.1) is 12.1 Å². The van der Waals surface area contributed by atoms with Crippen LogP contribution in [0.15, 0.2) is 54.6 Å². The Morgan fingerprint density at radius 1 is 1.17 bits per heavy atom. The molecule has 1 aliphatic rings. The van der Waals surface area contributed by atoms with Gasteiger partial charge >= 0.3 is 0 Å². The van der Waals surface area contributed by atoms with E-state index < -0.39 is 0 Å². The minimum absolute atomic E-state index is 0.0311. The van der Waals surface area contributed by atoms with Gasteiger partial charge in [0.15, 0.2) is 0 Å². The molecule has 1 heterocycles. The predicted molar refractivity (Wildman–Crippen MR) is 96.9 cm³/mol. The number of amides is 1. The van der Waals surface area contributed by atoms with Crippen LogP contribution in [0.3, 0.4) is 0 Å². The molecule has 0 saturated carbocycles. The van der Waals surface area contributed by atoms with Gasteiger partial charge in [0.2, 0.25) is 5.91 Å². The molecule has 2 aromatic carbocycles. The molecule has 24 heavy (non-hydrogen) atoms. The van der Waals surface area contributed by atoms with Gasteiger partial charge < -0.3 is 15.4 Å². The fraction of sp³-hybridized carbons (Fsp3) is 0.350. The Morgan fingerprint density at radius 2 is 1.92 bits per heavy atom. The minimum atomic E-state index is -0.266. The van der Waals surface area contributed by atoms with Gasteiger partial charge in [-0.2, -0.15) is 0 Å². The maximum absolute atomic E-state index is 12.5. The molecule has 0 radical (unpaired) electrons. The van der Waals surface area contributed by atoms with Crippen LogP contribution in [0.25, 0.3) is 11.1 Å². The molecule has 0 aliphatic carbocycles. The molecule has 2 aromatic rings. The average molecular weight is 324 g/mol. The number of hydrogen-bond acceptors (Lipinski definition) is 3. The molecule has 2 atom stereocenters. The number of rotatable bonds is 6. The number of anilines is 1. The Labute approximate surface area is 143 Å². The Morgan fingerprint density at radius 3 is 2.67 bits per heavy atom. The van der Waals surface area contributed by atoms with Crippen molar-refractivity contribution in [1.29, 1.82) is 0 Å². The molecule has 2 N–H and O–H groups in total. The van der Waals surface area contributed by atoms with Crippen molar-refractivity contribution in [2.24, 2.45) is 0 Å². The van der Waals surface area contributed by atoms with Gasteiger partial charge in [-0.05, 0) is 31.4 Å². The third kappa shape index (κ3) is 4.22. The Balaban J connectivity index is 1.63. The molecule has 1 amide bonds. The van der Waals surface area contributed by atoms with Crippen molar-refractivity contribution in [3.63, 3.8) is 0 Å². The molecule has 0 bridgehead atoms. The zero-order chi connectivity index (χ0) is 16.8. The quantitative estimate of drug-likeness (QED) is 0.856. The summed E-state index contributed by atoms with van der Waals surface area (Å²) in [4.78, 5) is 12.5. The third-order valence-corrected chi connectivity index (χ3v) is 4.34. The fourth-order valence-corrected chi connectivity index (χ4v) is 2.91. The zero-order valence-electron chi connectivity index (χ0n) is 14.0. The Bertz CT molecular complexity index is 666. The van der Waals surface area contributed by atoms with Crippen LogP contribution in [0, 0.1) is 0 Å². The van der Waals surface area contributed by atoms with E-state index in [9.17, 15) is 4.79 Å². The van der Waals surface area contributed by atoms with Crippen molar-refractivity contribution in [3.05, 3.63) is 54.6 Å². The second-order valence-electron chi connectivity index (χ2n) is 6.17. The average Bonchev–Trinajstić information content (AvgIpc) is 3.14. The van der Waals surface area contributed by atoms with E-state index in [1.807, 2.05) is 61.5 Å². The minimum Gasteiger partial charge on any atom is -0.377 e. The first-order valence-electron chi connectivity index (χ1n) is 8.54. The molecule has 4 heteroatoms. The summed E-state index contributed by atoms with van der Waals surface area (Å²) in [5.74, 6) is -0.0311. The van der Waals surface area contributed by atoms with E-state index in [0.717, 1.165) is 42.8 Å². The van der Waals surface area contributed by atoms with Crippen LogP contribution in [0.5, 0.6) is 0 Å². The molecule has 1 fully saturated rings. The normalized spacial score (nSPS) is 18.3. The van der Waals surface area contributed by atoms with E-state index in [1.54, 1.807) is 0 Å². The van der Waals surface area contributed by atoms with E-state index in [0.29, 0.717) is 0 Å². The van der Waals surface area contributed by atoms with Gasteiger partial charge in [0.1, 0.15) is 0 Å². The van der Waals surface area contributed by atoms with Gasteiger partial charge in [-0.3, -0.25) is 4.79 Å². The Kier molecular flexibility index (Phi) is 5.62. The van der Waals surface area contributed by atoms with Gasteiger partial charge in [0, 0.05) is 24.4 Å². The number of carbonyl (C=O) groups excluding carboxylic acids is 1. The first-order valence-corrected chi connectivity index (χ1v) is 8.54. The maximum atomic E-state index is 12.5. The summed E-state index contributed by atoms with van der Waals surface area (Å²) in [5.41, 5.74) is 2.95. The van der Waals surface area contributed by atoms with E-state index in [-0.39, 0.29) is 18.1 Å². The molecule has 2 unspecified atom stereocenters. The van der Waals surface area contributed by atoms with Gasteiger partial charge in [-0.15, -0.1) is 0 Å². The van der Waals surface area contributed by atoms with Crippen molar-refractivity contribution in [1.82, 2.24) is 5.32 Å². The van der Waals surface area contributed by atoms with Crippen LogP contribution < -0.4 is 10.6 Å². The van der Waals surface area contributed by atoms with Crippen LogP contribution in [0.4, 0.5) is 5.69 Å². The third-order valence-electron chi connectivity index (χ3n) is 4.34. The largest absolute Gasteiger partial charge is 0.377 e. The van der Waals surface area contributed by atoms with Crippen LogP contribution in [-0.2, 0) is 9.53 Å². The van der Waals surface area contributed by atoms with E-state index >= 15 is 0 Å². The van der Waals surface area contributed by atoms with E-state index in [4.69, 9.17) is 4.74 Å². The van der Waals surface area contributed by atoms with Gasteiger partial charge in [0.25, 0.3) is 0 Å². The molecule has 3 rings (SSSR count). The van der Waals surface area contributed by atoms with Gasteiger partial charge in [-0.25, -0.2) is 0 Å². The molecule has 0 aromatic heterocycles. The summed E-state index contributed by atoms with van der Waals surface area (Å²) in [5, 5.41) is 6.31. The highest BCUT2D eigenvalue weighted by Gasteiger charge is 2.19. The van der Waals surface area contributed by atoms with E-state index in [1.165, 1.54) is 0 Å². The molecule has 0 spiro atoms. The van der Waals surface area contributed by atoms with Crippen molar-refractivity contribution < 1.29 is 9.53 Å². The number of ether oxygens (including phenoxy) is 1. The highest BCUT2D eigenvalue weighted by molar-refractivity contribution is 5.98. The second kappa shape index (κ2) is 8.08. The summed E-state index contributed by atoms with van der Waals surface area (Å²) in [6.07, 6.45) is 2.41. The first-order chi connectivity index (χ1) is 11.7. The lowest BCUT2D eigenvalue weighted by Crippen LogP contribution is -2.41. The summed E-state index contributed by atoms with van der Waals surface area (Å²) in [7, 11) is 0. The molecule has 4 nitrogen and oxygen atoms in total. The van der Waals surface area contributed by atoms with Gasteiger partial charge in [-0.1, -0.05) is 48.5 Å². The summed E-state index contributed by atoms with van der Waals surface area (Å²) >= 11 is 0. The van der Waals surface area contributed by atoms with Crippen molar-refractivity contribution in [3.8, 4) is 11.1 Å². The highest BCUT2D eigenvalue weighted by Crippen LogP contribution is 2.27. The predicted octanol–water partition coefficient (Wildman–Crippen LogP) is 3.45. The number of benzene rings is 2. The van der Waals surface area contributed by atoms with Crippen molar-refractivity contribution >= 4 is 11.6 Å². The second-order valence-corrected chi connectivity index (χ2v) is 6.17. The number of para-hydroxylation sites is 1. The highest BCUT2D eigenvalue weighted by atomic mass is 16.5. The molecule has 1 saturated heterocycles. The number of hydrogen-bond donors (Lipinski definition) is 2. The summed E-state index contributed by atoms with van der Waals surface area (Å²) in [6.45, 7) is 3.43. The lowest BCUT2D eigenvalue weighted by Gasteiger charge is -2.18. The number of carbonyl (C=O) groups is 1. The van der Waals surface area contributed by atoms with Crippen molar-refractivity contribution in [2.75, 3.05) is 18.5 Å². The Hall–Kier alpha value is -2.17. The molecular formula is C20H24N2O2. The first kappa shape index (κ1) is 16.7. The van der Waals surface area contributed by atoms with Crippen LogP contribution in [-0.4, -0.2) is 31.2 Å². The zero-order valence-corrected chi connectivity index (χ0v) is 14.0. The summed E-state index contributed by atoms with van der Waals surface area (Å²) < 4.78 is 5.58.